The summed E-state index contributed by atoms with van der Waals surface area (Å²) in [6.45, 7) is 8.33. The molecule has 3 nitrogen and oxygen atoms in total. The van der Waals surface area contributed by atoms with E-state index in [2.05, 4.69) is 30.5 Å². The molecule has 1 fully saturated rings. The largest absolute Gasteiger partial charge is 0.468 e. The number of rotatable bonds is 3. The molecule has 1 aromatic heterocycles. The smallest absolute Gasteiger partial charge is 0.122 e. The Hall–Kier alpha value is -0.450. The molecule has 2 unspecified atom stereocenters. The summed E-state index contributed by atoms with van der Waals surface area (Å²) >= 11 is 2.07. The van der Waals surface area contributed by atoms with Crippen molar-refractivity contribution >= 4 is 11.8 Å². The fourth-order valence-corrected chi connectivity index (χ4v) is 3.69. The molecule has 1 aliphatic heterocycles. The Morgan fingerprint density at radius 1 is 1.44 bits per heavy atom. The van der Waals surface area contributed by atoms with Gasteiger partial charge in [-0.15, -0.1) is 0 Å². The predicted molar refractivity (Wildman–Crippen MR) is 68.4 cm³/mol. The van der Waals surface area contributed by atoms with Gasteiger partial charge >= 0.3 is 0 Å². The summed E-state index contributed by atoms with van der Waals surface area (Å²) in [4.78, 5) is 2.46. The number of nitrogens with two attached hydrogens (primary N) is 1. The van der Waals surface area contributed by atoms with Crippen LogP contribution < -0.4 is 5.73 Å². The Morgan fingerprint density at radius 3 is 2.75 bits per heavy atom. The molecule has 0 aromatic carbocycles. The average molecular weight is 240 g/mol. The Kier molecular flexibility index (Phi) is 3.95. The van der Waals surface area contributed by atoms with Crippen LogP contribution in [-0.4, -0.2) is 28.5 Å². The van der Waals surface area contributed by atoms with Gasteiger partial charge in [0, 0.05) is 35.7 Å². The van der Waals surface area contributed by atoms with Crippen LogP contribution in [0.3, 0.4) is 0 Å². The Balaban J connectivity index is 1.98. The van der Waals surface area contributed by atoms with E-state index in [1.54, 1.807) is 6.26 Å². The van der Waals surface area contributed by atoms with E-state index < -0.39 is 0 Å². The number of hydrogen-bond donors (Lipinski definition) is 1. The summed E-state index contributed by atoms with van der Waals surface area (Å²) in [5, 5.41) is 1.42. The van der Waals surface area contributed by atoms with E-state index in [4.69, 9.17) is 10.2 Å². The van der Waals surface area contributed by atoms with Crippen LogP contribution in [0.25, 0.3) is 0 Å². The van der Waals surface area contributed by atoms with Crippen molar-refractivity contribution in [2.45, 2.75) is 37.4 Å². The van der Waals surface area contributed by atoms with Crippen LogP contribution >= 0.6 is 11.8 Å². The molecule has 1 aromatic rings. The lowest BCUT2D eigenvalue weighted by atomic mass is 10.2. The van der Waals surface area contributed by atoms with Crippen molar-refractivity contribution < 1.29 is 4.42 Å². The van der Waals surface area contributed by atoms with Crippen LogP contribution in [-0.2, 0) is 13.1 Å². The van der Waals surface area contributed by atoms with Crippen LogP contribution in [0, 0.1) is 0 Å². The molecule has 0 amide bonds. The zero-order valence-electron chi connectivity index (χ0n) is 9.98. The first-order valence-electron chi connectivity index (χ1n) is 5.82. The third-order valence-corrected chi connectivity index (χ3v) is 4.15. The molecule has 1 saturated heterocycles. The Morgan fingerprint density at radius 2 is 2.12 bits per heavy atom. The minimum atomic E-state index is 0.569. The molecule has 16 heavy (non-hydrogen) atoms. The van der Waals surface area contributed by atoms with Gasteiger partial charge < -0.3 is 10.2 Å². The van der Waals surface area contributed by atoms with Crippen LogP contribution in [0.2, 0.25) is 0 Å². The first-order valence-corrected chi connectivity index (χ1v) is 6.76. The molecule has 2 atom stereocenters. The van der Waals surface area contributed by atoms with E-state index in [9.17, 15) is 0 Å². The van der Waals surface area contributed by atoms with Gasteiger partial charge in [0.2, 0.25) is 0 Å². The topological polar surface area (TPSA) is 42.4 Å². The van der Waals surface area contributed by atoms with E-state index in [-0.39, 0.29) is 0 Å². The van der Waals surface area contributed by atoms with Crippen molar-refractivity contribution in [3.8, 4) is 0 Å². The van der Waals surface area contributed by atoms with Crippen LogP contribution in [0.5, 0.6) is 0 Å². The lowest BCUT2D eigenvalue weighted by Gasteiger charge is -2.34. The van der Waals surface area contributed by atoms with E-state index in [0.717, 1.165) is 31.0 Å². The van der Waals surface area contributed by atoms with Crippen molar-refractivity contribution in [2.24, 2.45) is 5.73 Å². The third-order valence-electron chi connectivity index (χ3n) is 2.92. The molecule has 0 aliphatic carbocycles. The molecule has 90 valence electrons. The first-order chi connectivity index (χ1) is 7.69. The monoisotopic (exact) mass is 240 g/mol. The lowest BCUT2D eigenvalue weighted by Crippen LogP contribution is -2.39. The second kappa shape index (κ2) is 5.25. The van der Waals surface area contributed by atoms with Gasteiger partial charge in [0.05, 0.1) is 12.8 Å². The maximum Gasteiger partial charge on any atom is 0.122 e. The summed E-state index contributed by atoms with van der Waals surface area (Å²) in [7, 11) is 0. The zero-order valence-corrected chi connectivity index (χ0v) is 10.8. The molecule has 1 aliphatic rings. The SMILES string of the molecule is CC1CN(Cc2occc2CN)CC(C)S1. The molecular formula is C12H20N2OS. The number of thioether (sulfide) groups is 1. The number of hydrogen-bond acceptors (Lipinski definition) is 4. The number of nitrogens with zero attached hydrogens (tertiary/aromatic N) is 1. The highest BCUT2D eigenvalue weighted by Crippen LogP contribution is 2.26. The maximum absolute atomic E-state index is 5.67. The van der Waals surface area contributed by atoms with Crippen molar-refractivity contribution in [1.29, 1.82) is 0 Å². The van der Waals surface area contributed by atoms with Gasteiger partial charge in [-0.3, -0.25) is 4.90 Å². The van der Waals surface area contributed by atoms with Gasteiger partial charge in [-0.1, -0.05) is 13.8 Å². The zero-order chi connectivity index (χ0) is 11.5. The van der Waals surface area contributed by atoms with E-state index in [1.807, 2.05) is 6.07 Å². The lowest BCUT2D eigenvalue weighted by molar-refractivity contribution is 0.240. The predicted octanol–water partition coefficient (Wildman–Crippen LogP) is 2.06. The summed E-state index contributed by atoms with van der Waals surface area (Å²) < 4.78 is 5.50. The van der Waals surface area contributed by atoms with Crippen molar-refractivity contribution in [2.75, 3.05) is 13.1 Å². The fourth-order valence-electron chi connectivity index (χ4n) is 2.30. The first kappa shape index (κ1) is 12.0. The van der Waals surface area contributed by atoms with Gasteiger partial charge in [-0.25, -0.2) is 0 Å². The van der Waals surface area contributed by atoms with Gasteiger partial charge in [0.15, 0.2) is 0 Å². The fraction of sp³-hybridized carbons (Fsp3) is 0.667. The summed E-state index contributed by atoms with van der Waals surface area (Å²) in [6, 6.07) is 1.97. The van der Waals surface area contributed by atoms with E-state index in [0.29, 0.717) is 17.0 Å². The normalized spacial score (nSPS) is 27.2. The number of furan rings is 1. The van der Waals surface area contributed by atoms with Crippen LogP contribution in [0.15, 0.2) is 16.7 Å². The third kappa shape index (κ3) is 2.81. The summed E-state index contributed by atoms with van der Waals surface area (Å²) in [6.07, 6.45) is 1.74. The molecule has 4 heteroatoms. The van der Waals surface area contributed by atoms with E-state index in [1.165, 1.54) is 0 Å². The quantitative estimate of drug-likeness (QED) is 0.878. The highest BCUT2D eigenvalue weighted by molar-refractivity contribution is 8.00. The van der Waals surface area contributed by atoms with E-state index >= 15 is 0 Å². The standard InChI is InChI=1S/C12H20N2OS/c1-9-6-14(7-10(2)16-9)8-12-11(5-13)3-4-15-12/h3-4,9-10H,5-8,13H2,1-2H3. The van der Waals surface area contributed by atoms with Gasteiger partial charge in [-0.05, 0) is 6.07 Å². The van der Waals surface area contributed by atoms with Gasteiger partial charge in [-0.2, -0.15) is 11.8 Å². The van der Waals surface area contributed by atoms with Crippen molar-refractivity contribution in [3.05, 3.63) is 23.7 Å². The van der Waals surface area contributed by atoms with Crippen LogP contribution in [0.4, 0.5) is 0 Å². The van der Waals surface area contributed by atoms with Gasteiger partial charge in [0.1, 0.15) is 5.76 Å². The molecular weight excluding hydrogens is 220 g/mol. The molecule has 2 heterocycles. The molecule has 0 spiro atoms. The molecule has 0 bridgehead atoms. The van der Waals surface area contributed by atoms with Crippen molar-refractivity contribution in [3.63, 3.8) is 0 Å². The summed E-state index contributed by atoms with van der Waals surface area (Å²) in [5.41, 5.74) is 6.81. The minimum absolute atomic E-state index is 0.569. The van der Waals surface area contributed by atoms with Crippen LogP contribution in [0.1, 0.15) is 25.2 Å². The second-order valence-corrected chi connectivity index (χ2v) is 6.41. The minimum Gasteiger partial charge on any atom is -0.468 e. The second-order valence-electron chi connectivity index (χ2n) is 4.52. The Labute approximate surface area is 101 Å². The molecule has 2 rings (SSSR count). The van der Waals surface area contributed by atoms with Gasteiger partial charge in [0.25, 0.3) is 0 Å². The average Bonchev–Trinajstić information content (AvgIpc) is 2.63. The highest BCUT2D eigenvalue weighted by Gasteiger charge is 2.23. The Bertz CT molecular complexity index is 330. The summed E-state index contributed by atoms with van der Waals surface area (Å²) in [5.74, 6) is 1.04. The molecule has 0 saturated carbocycles. The molecule has 2 N–H and O–H groups in total. The maximum atomic E-state index is 5.67. The highest BCUT2D eigenvalue weighted by atomic mass is 32.2. The van der Waals surface area contributed by atoms with Crippen molar-refractivity contribution in [1.82, 2.24) is 4.90 Å². The molecule has 0 radical (unpaired) electrons.